The van der Waals surface area contributed by atoms with Gasteiger partial charge in [0.15, 0.2) is 0 Å². The van der Waals surface area contributed by atoms with Crippen molar-refractivity contribution in [2.45, 2.75) is 13.5 Å². The minimum atomic E-state index is 0.0533. The van der Waals surface area contributed by atoms with Crippen LogP contribution in [0.25, 0.3) is 0 Å². The van der Waals surface area contributed by atoms with Crippen LogP contribution in [0.5, 0.6) is 0 Å². The van der Waals surface area contributed by atoms with Gasteiger partial charge in [-0.3, -0.25) is 14.5 Å². The van der Waals surface area contributed by atoms with E-state index in [0.29, 0.717) is 26.2 Å². The van der Waals surface area contributed by atoms with Crippen LogP contribution in [0.4, 0.5) is 5.69 Å². The Kier molecular flexibility index (Phi) is 6.78. The lowest BCUT2D eigenvalue weighted by atomic mass is 10.1. The van der Waals surface area contributed by atoms with E-state index in [4.69, 9.17) is 11.6 Å². The van der Waals surface area contributed by atoms with Gasteiger partial charge in [-0.1, -0.05) is 23.7 Å². The first-order valence-electron chi connectivity index (χ1n) is 10.9. The molecule has 31 heavy (non-hydrogen) atoms. The lowest BCUT2D eigenvalue weighted by Crippen LogP contribution is -2.50. The van der Waals surface area contributed by atoms with Crippen LogP contribution in [0.3, 0.4) is 0 Å². The molecule has 2 aliphatic heterocycles. The fourth-order valence-corrected chi connectivity index (χ4v) is 4.41. The van der Waals surface area contributed by atoms with Crippen LogP contribution < -0.4 is 4.90 Å². The SMILES string of the molecule is CC(=O)N1CCN(C(=O)c2cccc(CN3CCN(c4ccc(Cl)cc4)CC3)c2)CC1. The van der Waals surface area contributed by atoms with Gasteiger partial charge in [0.25, 0.3) is 5.91 Å². The van der Waals surface area contributed by atoms with E-state index >= 15 is 0 Å². The van der Waals surface area contributed by atoms with Crippen molar-refractivity contribution in [1.82, 2.24) is 14.7 Å². The summed E-state index contributed by atoms with van der Waals surface area (Å²) in [6.45, 7) is 8.73. The number of carbonyl (C=O) groups is 2. The van der Waals surface area contributed by atoms with Crippen LogP contribution in [-0.2, 0) is 11.3 Å². The topological polar surface area (TPSA) is 47.1 Å². The fourth-order valence-electron chi connectivity index (χ4n) is 4.28. The molecule has 2 saturated heterocycles. The van der Waals surface area contributed by atoms with Gasteiger partial charge in [0.2, 0.25) is 5.91 Å². The third kappa shape index (κ3) is 5.38. The Hall–Kier alpha value is -2.57. The zero-order valence-corrected chi connectivity index (χ0v) is 18.7. The number of benzene rings is 2. The second-order valence-electron chi connectivity index (χ2n) is 8.24. The van der Waals surface area contributed by atoms with E-state index < -0.39 is 0 Å². The molecule has 2 fully saturated rings. The van der Waals surface area contributed by atoms with Crippen molar-refractivity contribution in [1.29, 1.82) is 0 Å². The molecule has 7 heteroatoms. The fraction of sp³-hybridized carbons (Fsp3) is 0.417. The summed E-state index contributed by atoms with van der Waals surface area (Å²) in [5.41, 5.74) is 3.10. The molecule has 2 aromatic carbocycles. The Morgan fingerprint density at radius 2 is 1.48 bits per heavy atom. The second kappa shape index (κ2) is 9.71. The van der Waals surface area contributed by atoms with Crippen LogP contribution >= 0.6 is 11.6 Å². The summed E-state index contributed by atoms with van der Waals surface area (Å²) in [6.07, 6.45) is 0. The number of piperazine rings is 2. The lowest BCUT2D eigenvalue weighted by Gasteiger charge is -2.36. The van der Waals surface area contributed by atoms with Gasteiger partial charge in [0, 0.05) is 82.1 Å². The van der Waals surface area contributed by atoms with E-state index in [-0.39, 0.29) is 11.8 Å². The first kappa shape index (κ1) is 21.7. The number of amides is 2. The van der Waals surface area contributed by atoms with Crippen LogP contribution in [0.15, 0.2) is 48.5 Å². The number of halogens is 1. The summed E-state index contributed by atoms with van der Waals surface area (Å²) in [6, 6.07) is 16.0. The summed E-state index contributed by atoms with van der Waals surface area (Å²) in [5, 5.41) is 0.762. The van der Waals surface area contributed by atoms with E-state index in [0.717, 1.165) is 48.9 Å². The van der Waals surface area contributed by atoms with Gasteiger partial charge in [-0.05, 0) is 42.0 Å². The molecular weight excluding hydrogens is 412 g/mol. The predicted octanol–water partition coefficient (Wildman–Crippen LogP) is 2.97. The van der Waals surface area contributed by atoms with Crippen LogP contribution in [0.1, 0.15) is 22.8 Å². The highest BCUT2D eigenvalue weighted by atomic mass is 35.5. The first-order chi connectivity index (χ1) is 15.0. The highest BCUT2D eigenvalue weighted by Gasteiger charge is 2.24. The molecular formula is C24H29ClN4O2. The van der Waals surface area contributed by atoms with Gasteiger partial charge >= 0.3 is 0 Å². The highest BCUT2D eigenvalue weighted by Crippen LogP contribution is 2.20. The molecule has 6 nitrogen and oxygen atoms in total. The lowest BCUT2D eigenvalue weighted by molar-refractivity contribution is -0.130. The third-order valence-corrected chi connectivity index (χ3v) is 6.41. The van der Waals surface area contributed by atoms with Gasteiger partial charge in [0.1, 0.15) is 0 Å². The van der Waals surface area contributed by atoms with Gasteiger partial charge in [-0.25, -0.2) is 0 Å². The zero-order valence-electron chi connectivity index (χ0n) is 18.0. The predicted molar refractivity (Wildman–Crippen MR) is 124 cm³/mol. The number of nitrogens with zero attached hydrogens (tertiary/aromatic N) is 4. The molecule has 164 valence electrons. The average molecular weight is 441 g/mol. The summed E-state index contributed by atoms with van der Waals surface area (Å²) < 4.78 is 0. The molecule has 0 spiro atoms. The highest BCUT2D eigenvalue weighted by molar-refractivity contribution is 6.30. The maximum absolute atomic E-state index is 12.9. The smallest absolute Gasteiger partial charge is 0.253 e. The Balaban J connectivity index is 1.31. The largest absolute Gasteiger partial charge is 0.369 e. The molecule has 0 radical (unpaired) electrons. The van der Waals surface area contributed by atoms with Crippen molar-refractivity contribution in [2.24, 2.45) is 0 Å². The van der Waals surface area contributed by atoms with Gasteiger partial charge < -0.3 is 14.7 Å². The van der Waals surface area contributed by atoms with Gasteiger partial charge in [-0.15, -0.1) is 0 Å². The van der Waals surface area contributed by atoms with E-state index in [2.05, 4.69) is 28.0 Å². The number of carbonyl (C=O) groups excluding carboxylic acids is 2. The molecule has 0 aliphatic carbocycles. The first-order valence-corrected chi connectivity index (χ1v) is 11.2. The molecule has 0 bridgehead atoms. The number of hydrogen-bond acceptors (Lipinski definition) is 4. The number of anilines is 1. The van der Waals surface area contributed by atoms with Crippen molar-refractivity contribution in [2.75, 3.05) is 57.3 Å². The Labute approximate surface area is 189 Å². The van der Waals surface area contributed by atoms with Crippen molar-refractivity contribution in [3.05, 3.63) is 64.7 Å². The maximum atomic E-state index is 12.9. The third-order valence-electron chi connectivity index (χ3n) is 6.16. The van der Waals surface area contributed by atoms with E-state index in [1.807, 2.05) is 35.2 Å². The Morgan fingerprint density at radius 3 is 2.13 bits per heavy atom. The van der Waals surface area contributed by atoms with Crippen molar-refractivity contribution >= 4 is 29.1 Å². The molecule has 2 amide bonds. The summed E-state index contributed by atoms with van der Waals surface area (Å²) in [4.78, 5) is 32.9. The quantitative estimate of drug-likeness (QED) is 0.733. The van der Waals surface area contributed by atoms with Crippen LogP contribution in [-0.4, -0.2) is 78.9 Å². The Bertz CT molecular complexity index is 917. The molecule has 2 aliphatic rings. The van der Waals surface area contributed by atoms with Crippen molar-refractivity contribution in [3.63, 3.8) is 0 Å². The van der Waals surface area contributed by atoms with Gasteiger partial charge in [0.05, 0.1) is 0 Å². The minimum absolute atomic E-state index is 0.0533. The van der Waals surface area contributed by atoms with Crippen LogP contribution in [0, 0.1) is 0 Å². The molecule has 2 heterocycles. The van der Waals surface area contributed by atoms with E-state index in [1.165, 1.54) is 5.69 Å². The average Bonchev–Trinajstić information content (AvgIpc) is 2.80. The van der Waals surface area contributed by atoms with E-state index in [1.54, 1.807) is 11.8 Å². The second-order valence-corrected chi connectivity index (χ2v) is 8.67. The van der Waals surface area contributed by atoms with Crippen molar-refractivity contribution < 1.29 is 9.59 Å². The monoisotopic (exact) mass is 440 g/mol. The molecule has 0 atom stereocenters. The zero-order chi connectivity index (χ0) is 21.8. The molecule has 0 saturated carbocycles. The molecule has 0 unspecified atom stereocenters. The maximum Gasteiger partial charge on any atom is 0.253 e. The summed E-state index contributed by atoms with van der Waals surface area (Å²) >= 11 is 6.00. The van der Waals surface area contributed by atoms with Crippen molar-refractivity contribution in [3.8, 4) is 0 Å². The van der Waals surface area contributed by atoms with Crippen LogP contribution in [0.2, 0.25) is 5.02 Å². The Morgan fingerprint density at radius 1 is 0.839 bits per heavy atom. The molecule has 0 N–H and O–H groups in total. The van der Waals surface area contributed by atoms with Gasteiger partial charge in [-0.2, -0.15) is 0 Å². The summed E-state index contributed by atoms with van der Waals surface area (Å²) in [7, 11) is 0. The molecule has 0 aromatic heterocycles. The molecule has 4 rings (SSSR count). The number of rotatable bonds is 4. The summed E-state index contributed by atoms with van der Waals surface area (Å²) in [5.74, 6) is 0.128. The van der Waals surface area contributed by atoms with E-state index in [9.17, 15) is 9.59 Å². The number of hydrogen-bond donors (Lipinski definition) is 0. The molecule has 2 aromatic rings. The standard InChI is InChI=1S/C24H29ClN4O2/c1-19(30)27-13-15-29(16-14-27)24(31)21-4-2-3-20(17-21)18-26-9-11-28(12-10-26)23-7-5-22(25)6-8-23/h2-8,17H,9-16,18H2,1H3. The minimum Gasteiger partial charge on any atom is -0.369 e. The normalized spacial score (nSPS) is 17.7.